The topological polar surface area (TPSA) is 44.5 Å². The first-order valence-corrected chi connectivity index (χ1v) is 5.07. The Labute approximate surface area is 98.6 Å². The highest BCUT2D eigenvalue weighted by atomic mass is 19.1. The maximum atomic E-state index is 13.6. The zero-order valence-corrected chi connectivity index (χ0v) is 9.31. The number of hydrogen-bond donors (Lipinski definition) is 1. The Morgan fingerprint density at radius 3 is 2.41 bits per heavy atom. The molecular weight excluding hydrogens is 221 g/mol. The molecule has 2 rings (SSSR count). The predicted octanol–water partition coefficient (Wildman–Crippen LogP) is 3.21. The van der Waals surface area contributed by atoms with Gasteiger partial charge in [0.25, 0.3) is 0 Å². The molecule has 0 aliphatic rings. The summed E-state index contributed by atoms with van der Waals surface area (Å²) in [7, 11) is 1.45. The van der Waals surface area contributed by atoms with E-state index in [4.69, 9.17) is 15.2 Å². The van der Waals surface area contributed by atoms with Crippen molar-refractivity contribution in [1.82, 2.24) is 0 Å². The lowest BCUT2D eigenvalue weighted by Gasteiger charge is -2.12. The zero-order chi connectivity index (χ0) is 12.3. The molecular formula is C13H12FNO2. The molecule has 0 heterocycles. The molecule has 0 atom stereocenters. The Hall–Kier alpha value is -2.23. The summed E-state index contributed by atoms with van der Waals surface area (Å²) in [5.74, 6) is 0.268. The third kappa shape index (κ3) is 2.30. The molecule has 2 aromatic carbocycles. The number of methoxy groups -OCH3 is 1. The van der Waals surface area contributed by atoms with Crippen LogP contribution < -0.4 is 15.2 Å². The van der Waals surface area contributed by atoms with Crippen LogP contribution in [0.2, 0.25) is 0 Å². The number of para-hydroxylation sites is 3. The quantitative estimate of drug-likeness (QED) is 0.828. The number of benzene rings is 2. The molecule has 88 valence electrons. The third-order valence-electron chi connectivity index (χ3n) is 2.28. The van der Waals surface area contributed by atoms with E-state index in [2.05, 4.69) is 0 Å². The van der Waals surface area contributed by atoms with Crippen molar-refractivity contribution in [3.63, 3.8) is 0 Å². The van der Waals surface area contributed by atoms with Crippen molar-refractivity contribution in [3.8, 4) is 17.2 Å². The van der Waals surface area contributed by atoms with Crippen LogP contribution in [-0.4, -0.2) is 7.11 Å². The minimum atomic E-state index is -0.493. The van der Waals surface area contributed by atoms with Gasteiger partial charge in [0.15, 0.2) is 17.3 Å². The van der Waals surface area contributed by atoms with Crippen molar-refractivity contribution >= 4 is 5.69 Å². The first-order chi connectivity index (χ1) is 8.22. The summed E-state index contributed by atoms with van der Waals surface area (Å²) in [5.41, 5.74) is 6.16. The number of hydrogen-bond acceptors (Lipinski definition) is 3. The monoisotopic (exact) mass is 233 g/mol. The lowest BCUT2D eigenvalue weighted by Crippen LogP contribution is -1.96. The second kappa shape index (κ2) is 4.74. The molecule has 0 spiro atoms. The van der Waals surface area contributed by atoms with Crippen molar-refractivity contribution in [3.05, 3.63) is 48.3 Å². The van der Waals surface area contributed by atoms with E-state index in [-0.39, 0.29) is 5.75 Å². The summed E-state index contributed by atoms with van der Waals surface area (Å²) in [6.45, 7) is 0. The van der Waals surface area contributed by atoms with Crippen LogP contribution in [-0.2, 0) is 0 Å². The third-order valence-corrected chi connectivity index (χ3v) is 2.28. The molecule has 0 amide bonds. The molecule has 0 bridgehead atoms. The van der Waals surface area contributed by atoms with Gasteiger partial charge < -0.3 is 15.2 Å². The summed E-state index contributed by atoms with van der Waals surface area (Å²) in [6.07, 6.45) is 0. The predicted molar refractivity (Wildman–Crippen MR) is 63.9 cm³/mol. The molecule has 4 heteroatoms. The van der Waals surface area contributed by atoms with Crippen molar-refractivity contribution < 1.29 is 13.9 Å². The van der Waals surface area contributed by atoms with Crippen LogP contribution in [0.3, 0.4) is 0 Å². The second-order valence-corrected chi connectivity index (χ2v) is 3.41. The Bertz CT molecular complexity index is 529. The molecule has 0 unspecified atom stereocenters. The van der Waals surface area contributed by atoms with Gasteiger partial charge in [0.05, 0.1) is 12.8 Å². The normalized spacial score (nSPS) is 10.0. The highest BCUT2D eigenvalue weighted by Crippen LogP contribution is 2.35. The van der Waals surface area contributed by atoms with Gasteiger partial charge in [0, 0.05) is 0 Å². The molecule has 0 aromatic heterocycles. The van der Waals surface area contributed by atoms with Gasteiger partial charge in [-0.15, -0.1) is 0 Å². The summed E-state index contributed by atoms with van der Waals surface area (Å²) >= 11 is 0. The number of ether oxygens (including phenoxy) is 2. The minimum absolute atomic E-state index is 0.0351. The Morgan fingerprint density at radius 1 is 1.00 bits per heavy atom. The molecule has 17 heavy (non-hydrogen) atoms. The molecule has 2 N–H and O–H groups in total. The van der Waals surface area contributed by atoms with E-state index in [1.165, 1.54) is 13.2 Å². The van der Waals surface area contributed by atoms with Crippen molar-refractivity contribution in [2.24, 2.45) is 0 Å². The van der Waals surface area contributed by atoms with Gasteiger partial charge in [-0.3, -0.25) is 0 Å². The lowest BCUT2D eigenvalue weighted by atomic mass is 10.3. The van der Waals surface area contributed by atoms with Crippen molar-refractivity contribution in [2.45, 2.75) is 0 Å². The van der Waals surface area contributed by atoms with E-state index in [0.717, 1.165) is 0 Å². The molecule has 0 saturated carbocycles. The summed E-state index contributed by atoms with van der Waals surface area (Å²) in [5, 5.41) is 0. The number of rotatable bonds is 3. The molecule has 0 saturated heterocycles. The van der Waals surface area contributed by atoms with Crippen LogP contribution in [0, 0.1) is 5.82 Å². The average molecular weight is 233 g/mol. The second-order valence-electron chi connectivity index (χ2n) is 3.41. The summed E-state index contributed by atoms with van der Waals surface area (Å²) in [6, 6.07) is 11.4. The number of nitrogens with two attached hydrogens (primary N) is 1. The van der Waals surface area contributed by atoms with E-state index in [1.807, 2.05) is 0 Å². The fourth-order valence-electron chi connectivity index (χ4n) is 1.43. The number of nitrogen functional groups attached to an aromatic ring is 1. The van der Waals surface area contributed by atoms with Gasteiger partial charge in [-0.1, -0.05) is 18.2 Å². The van der Waals surface area contributed by atoms with Crippen LogP contribution in [0.1, 0.15) is 0 Å². The molecule has 0 fully saturated rings. The van der Waals surface area contributed by atoms with E-state index in [9.17, 15) is 4.39 Å². The molecule has 2 aromatic rings. The summed E-state index contributed by atoms with van der Waals surface area (Å²) < 4.78 is 24.1. The number of halogens is 1. The Balaban J connectivity index is 2.39. The van der Waals surface area contributed by atoms with Crippen LogP contribution in [0.4, 0.5) is 10.1 Å². The minimum Gasteiger partial charge on any atom is -0.493 e. The number of anilines is 1. The van der Waals surface area contributed by atoms with E-state index in [0.29, 0.717) is 17.2 Å². The maximum Gasteiger partial charge on any atom is 0.204 e. The van der Waals surface area contributed by atoms with E-state index < -0.39 is 5.82 Å². The van der Waals surface area contributed by atoms with E-state index in [1.54, 1.807) is 36.4 Å². The van der Waals surface area contributed by atoms with Crippen molar-refractivity contribution in [1.29, 1.82) is 0 Å². The molecule has 0 aliphatic carbocycles. The average Bonchev–Trinajstić information content (AvgIpc) is 2.34. The highest BCUT2D eigenvalue weighted by Gasteiger charge is 2.12. The molecule has 0 aliphatic heterocycles. The lowest BCUT2D eigenvalue weighted by molar-refractivity contribution is 0.365. The van der Waals surface area contributed by atoms with Gasteiger partial charge in [0.1, 0.15) is 0 Å². The maximum absolute atomic E-state index is 13.6. The van der Waals surface area contributed by atoms with Gasteiger partial charge >= 0.3 is 0 Å². The van der Waals surface area contributed by atoms with Crippen LogP contribution >= 0.6 is 0 Å². The smallest absolute Gasteiger partial charge is 0.204 e. The highest BCUT2D eigenvalue weighted by molar-refractivity contribution is 5.55. The van der Waals surface area contributed by atoms with Crippen molar-refractivity contribution in [2.75, 3.05) is 12.8 Å². The first-order valence-electron chi connectivity index (χ1n) is 5.07. The van der Waals surface area contributed by atoms with E-state index >= 15 is 0 Å². The SMILES string of the molecule is COc1cccc(F)c1Oc1ccccc1N. The fraction of sp³-hybridized carbons (Fsp3) is 0.0769. The van der Waals surface area contributed by atoms with Crippen LogP contribution in [0.25, 0.3) is 0 Å². The van der Waals surface area contributed by atoms with Gasteiger partial charge in [0.2, 0.25) is 5.75 Å². The zero-order valence-electron chi connectivity index (χ0n) is 9.31. The van der Waals surface area contributed by atoms with Gasteiger partial charge in [-0.05, 0) is 24.3 Å². The molecule has 0 radical (unpaired) electrons. The standard InChI is InChI=1S/C13H12FNO2/c1-16-12-8-4-5-9(14)13(12)17-11-7-3-2-6-10(11)15/h2-8H,15H2,1H3. The Morgan fingerprint density at radius 2 is 1.71 bits per heavy atom. The van der Waals surface area contributed by atoms with Crippen LogP contribution in [0.15, 0.2) is 42.5 Å². The largest absolute Gasteiger partial charge is 0.493 e. The fourth-order valence-corrected chi connectivity index (χ4v) is 1.43. The van der Waals surface area contributed by atoms with Gasteiger partial charge in [-0.25, -0.2) is 4.39 Å². The Kier molecular flexibility index (Phi) is 3.14. The van der Waals surface area contributed by atoms with Gasteiger partial charge in [-0.2, -0.15) is 0 Å². The van der Waals surface area contributed by atoms with Crippen LogP contribution in [0.5, 0.6) is 17.2 Å². The molecule has 3 nitrogen and oxygen atoms in total. The first kappa shape index (κ1) is 11.3. The summed E-state index contributed by atoms with van der Waals surface area (Å²) in [4.78, 5) is 0.